The number of halogens is 1. The van der Waals surface area contributed by atoms with Crippen molar-refractivity contribution in [2.45, 2.75) is 44.9 Å². The predicted molar refractivity (Wildman–Crippen MR) is 86.5 cm³/mol. The van der Waals surface area contributed by atoms with Crippen molar-refractivity contribution in [1.29, 1.82) is 0 Å². The summed E-state index contributed by atoms with van der Waals surface area (Å²) in [5.41, 5.74) is 5.95. The van der Waals surface area contributed by atoms with Crippen LogP contribution in [0.4, 0.5) is 5.82 Å². The Labute approximate surface area is 139 Å². The zero-order chi connectivity index (χ0) is 15.4. The highest BCUT2D eigenvalue weighted by Gasteiger charge is 2.28. The largest absolute Gasteiger partial charge is 0.370 e. The fourth-order valence-electron chi connectivity index (χ4n) is 3.53. The minimum atomic E-state index is 0.305. The third-order valence-electron chi connectivity index (χ3n) is 4.94. The van der Waals surface area contributed by atoms with Gasteiger partial charge in [0.25, 0.3) is 0 Å². The van der Waals surface area contributed by atoms with Crippen LogP contribution in [0.5, 0.6) is 0 Å². The van der Waals surface area contributed by atoms with Gasteiger partial charge in [-0.1, -0.05) is 6.07 Å². The number of anilines is 1. The monoisotopic (exact) mass is 328 g/mol. The molecule has 0 bridgehead atoms. The topological polar surface area (TPSA) is 51.1 Å². The zero-order valence-electron chi connectivity index (χ0n) is 12.8. The maximum Gasteiger partial charge on any atom is 0.224 e. The van der Waals surface area contributed by atoms with E-state index in [2.05, 4.69) is 32.1 Å². The third-order valence-corrected chi connectivity index (χ3v) is 5.11. The van der Waals surface area contributed by atoms with Crippen LogP contribution in [0.15, 0.2) is 12.3 Å². The van der Waals surface area contributed by atoms with Gasteiger partial charge in [-0.05, 0) is 41.5 Å². The molecule has 0 atom stereocenters. The van der Waals surface area contributed by atoms with Crippen molar-refractivity contribution in [2.24, 2.45) is 0 Å². The molecular weight excluding hydrogens is 312 g/mol. The second-order valence-corrected chi connectivity index (χ2v) is 6.89. The van der Waals surface area contributed by atoms with Gasteiger partial charge in [0.05, 0.1) is 18.9 Å². The Hall–Kier alpha value is -1.72. The Morgan fingerprint density at radius 1 is 1.17 bits per heavy atom. The van der Waals surface area contributed by atoms with E-state index in [0.717, 1.165) is 42.5 Å². The number of pyridine rings is 1. The van der Waals surface area contributed by atoms with Crippen molar-refractivity contribution in [2.75, 3.05) is 11.4 Å². The lowest BCUT2D eigenvalue weighted by atomic mass is 10.0. The summed E-state index contributed by atoms with van der Waals surface area (Å²) in [5, 5.41) is 0.305. The molecule has 0 aromatic carbocycles. The lowest BCUT2D eigenvalue weighted by Crippen LogP contribution is -2.32. The molecule has 0 spiro atoms. The first-order valence-electron chi connectivity index (χ1n) is 8.13. The summed E-state index contributed by atoms with van der Waals surface area (Å²) in [5.74, 6) is 1.66. The van der Waals surface area contributed by atoms with Gasteiger partial charge in [0.15, 0.2) is 0 Å². The molecule has 23 heavy (non-hydrogen) atoms. The zero-order valence-corrected chi connectivity index (χ0v) is 13.5. The fraction of sp³-hybridized carbons (Fsp3) is 0.471. The molecule has 2 aromatic rings. The quantitative estimate of drug-likeness (QED) is 0.793. The number of aromatic nitrogens is 3. The molecule has 2 aliphatic heterocycles. The van der Waals surface area contributed by atoms with E-state index in [1.54, 1.807) is 0 Å². The van der Waals surface area contributed by atoms with Gasteiger partial charge in [-0.15, -0.1) is 0 Å². The minimum Gasteiger partial charge on any atom is -0.370 e. The fourth-order valence-corrected chi connectivity index (χ4v) is 3.71. The lowest BCUT2D eigenvalue weighted by molar-refractivity contribution is 0.133. The van der Waals surface area contributed by atoms with Crippen LogP contribution in [-0.2, 0) is 30.9 Å². The number of hydrogen-bond donors (Lipinski definition) is 0. The summed E-state index contributed by atoms with van der Waals surface area (Å²) in [4.78, 5) is 15.8. The van der Waals surface area contributed by atoms with E-state index in [9.17, 15) is 0 Å². The van der Waals surface area contributed by atoms with E-state index in [0.29, 0.717) is 18.5 Å². The third kappa shape index (κ3) is 2.39. The van der Waals surface area contributed by atoms with Crippen LogP contribution < -0.4 is 4.90 Å². The van der Waals surface area contributed by atoms with Crippen molar-refractivity contribution >= 4 is 17.4 Å². The van der Waals surface area contributed by atoms with Crippen molar-refractivity contribution in [3.63, 3.8) is 0 Å². The summed E-state index contributed by atoms with van der Waals surface area (Å²) >= 11 is 6.11. The Bertz CT molecular complexity index is 790. The van der Waals surface area contributed by atoms with Gasteiger partial charge >= 0.3 is 0 Å². The van der Waals surface area contributed by atoms with Crippen LogP contribution >= 0.6 is 11.6 Å². The van der Waals surface area contributed by atoms with Crippen molar-refractivity contribution in [1.82, 2.24) is 15.0 Å². The molecule has 3 aliphatic rings. The summed E-state index contributed by atoms with van der Waals surface area (Å²) in [6.07, 6.45) is 5.61. The molecule has 1 fully saturated rings. The molecule has 5 rings (SSSR count). The Kier molecular flexibility index (Phi) is 3.06. The van der Waals surface area contributed by atoms with Gasteiger partial charge in [0.2, 0.25) is 5.28 Å². The van der Waals surface area contributed by atoms with Gasteiger partial charge in [-0.3, -0.25) is 4.98 Å². The molecule has 6 heteroatoms. The summed E-state index contributed by atoms with van der Waals surface area (Å²) in [7, 11) is 0. The minimum absolute atomic E-state index is 0.305. The maximum atomic E-state index is 6.11. The molecule has 2 aromatic heterocycles. The van der Waals surface area contributed by atoms with E-state index in [1.165, 1.54) is 29.7 Å². The first kappa shape index (κ1) is 13.7. The standard InChI is InChI=1S/C17H17ClN4O/c18-17-20-15-9-23-8-13(15)16(21-17)22-4-3-14-12(7-22)5-11(6-19-14)10-1-2-10/h5-6,10H,1-4,7-9H2. The molecular formula is C17H17ClN4O. The highest BCUT2D eigenvalue weighted by Crippen LogP contribution is 2.41. The molecule has 0 N–H and O–H groups in total. The van der Waals surface area contributed by atoms with E-state index >= 15 is 0 Å². The molecule has 0 radical (unpaired) electrons. The highest BCUT2D eigenvalue weighted by atomic mass is 35.5. The van der Waals surface area contributed by atoms with Crippen molar-refractivity contribution < 1.29 is 4.74 Å². The van der Waals surface area contributed by atoms with Crippen LogP contribution in [0.1, 0.15) is 46.8 Å². The lowest BCUT2D eigenvalue weighted by Gasteiger charge is -2.30. The van der Waals surface area contributed by atoms with Crippen molar-refractivity contribution in [3.8, 4) is 0 Å². The first-order valence-corrected chi connectivity index (χ1v) is 8.51. The summed E-state index contributed by atoms with van der Waals surface area (Å²) in [6.45, 7) is 2.85. The molecule has 5 nitrogen and oxygen atoms in total. The van der Waals surface area contributed by atoms with Crippen LogP contribution in [0.3, 0.4) is 0 Å². The Morgan fingerprint density at radius 2 is 2.09 bits per heavy atom. The molecule has 0 saturated heterocycles. The predicted octanol–water partition coefficient (Wildman–Crippen LogP) is 3.00. The van der Waals surface area contributed by atoms with Crippen LogP contribution in [0.25, 0.3) is 0 Å². The molecule has 1 saturated carbocycles. The van der Waals surface area contributed by atoms with Gasteiger partial charge in [0, 0.05) is 37.0 Å². The molecule has 4 heterocycles. The molecule has 1 aliphatic carbocycles. The van der Waals surface area contributed by atoms with Gasteiger partial charge in [-0.25, -0.2) is 9.97 Å². The first-order chi connectivity index (χ1) is 11.3. The SMILES string of the molecule is Clc1nc2c(c(N3CCc4ncc(C5CC5)cc4C3)n1)COC2. The summed E-state index contributed by atoms with van der Waals surface area (Å²) < 4.78 is 5.53. The van der Waals surface area contributed by atoms with Crippen LogP contribution in [0.2, 0.25) is 5.28 Å². The smallest absolute Gasteiger partial charge is 0.224 e. The van der Waals surface area contributed by atoms with Crippen LogP contribution in [0, 0.1) is 0 Å². The highest BCUT2D eigenvalue weighted by molar-refractivity contribution is 6.28. The molecule has 0 amide bonds. The van der Waals surface area contributed by atoms with E-state index < -0.39 is 0 Å². The number of rotatable bonds is 2. The number of hydrogen-bond acceptors (Lipinski definition) is 5. The van der Waals surface area contributed by atoms with Gasteiger partial charge in [0.1, 0.15) is 5.82 Å². The number of ether oxygens (including phenoxy) is 1. The molecule has 0 unspecified atom stereocenters. The number of nitrogens with zero attached hydrogens (tertiary/aromatic N) is 4. The maximum absolute atomic E-state index is 6.11. The molecule has 118 valence electrons. The van der Waals surface area contributed by atoms with Crippen LogP contribution in [-0.4, -0.2) is 21.5 Å². The second-order valence-electron chi connectivity index (χ2n) is 6.55. The normalized spacial score (nSPS) is 19.6. The van der Waals surface area contributed by atoms with Gasteiger partial charge in [-0.2, -0.15) is 0 Å². The van der Waals surface area contributed by atoms with E-state index in [1.807, 2.05) is 0 Å². The van der Waals surface area contributed by atoms with E-state index in [4.69, 9.17) is 16.3 Å². The van der Waals surface area contributed by atoms with E-state index in [-0.39, 0.29) is 0 Å². The average molecular weight is 329 g/mol. The average Bonchev–Trinajstić information content (AvgIpc) is 3.31. The van der Waals surface area contributed by atoms with Crippen molar-refractivity contribution in [3.05, 3.63) is 45.6 Å². The Balaban J connectivity index is 1.51. The second kappa shape index (κ2) is 5.14. The summed E-state index contributed by atoms with van der Waals surface area (Å²) in [6, 6.07) is 2.34. The van der Waals surface area contributed by atoms with Gasteiger partial charge < -0.3 is 9.64 Å². The number of fused-ring (bicyclic) bond motifs is 2. The Morgan fingerprint density at radius 3 is 2.96 bits per heavy atom.